The summed E-state index contributed by atoms with van der Waals surface area (Å²) in [6, 6.07) is 6.19. The molecular weight excluding hydrogens is 274 g/mol. The molecule has 0 saturated carbocycles. The topological polar surface area (TPSA) is 46.8 Å². The highest BCUT2D eigenvalue weighted by Gasteiger charge is 2.16. The molecule has 0 fully saturated rings. The lowest BCUT2D eigenvalue weighted by molar-refractivity contribution is 0.668. The molecule has 3 heterocycles. The van der Waals surface area contributed by atoms with E-state index in [1.807, 2.05) is 23.0 Å². The van der Waals surface area contributed by atoms with Gasteiger partial charge in [0.05, 0.1) is 5.39 Å². The Morgan fingerprint density at radius 3 is 2.41 bits per heavy atom. The smallest absolute Gasteiger partial charge is 0.160 e. The molecule has 0 aliphatic heterocycles. The molecular formula is C17H21N5. The Morgan fingerprint density at radius 1 is 1.05 bits per heavy atom. The third kappa shape index (κ3) is 2.43. The van der Waals surface area contributed by atoms with E-state index in [0.29, 0.717) is 0 Å². The van der Waals surface area contributed by atoms with Crippen LogP contribution in [0.4, 0.5) is 5.82 Å². The van der Waals surface area contributed by atoms with Crippen molar-refractivity contribution >= 4 is 16.9 Å². The minimum Gasteiger partial charge on any atom is -0.355 e. The summed E-state index contributed by atoms with van der Waals surface area (Å²) in [7, 11) is 0. The summed E-state index contributed by atoms with van der Waals surface area (Å²) in [6.45, 7) is 9.09. The van der Waals surface area contributed by atoms with Crippen LogP contribution in [-0.2, 0) is 6.54 Å². The second-order valence-electron chi connectivity index (χ2n) is 5.14. The van der Waals surface area contributed by atoms with E-state index < -0.39 is 0 Å². The van der Waals surface area contributed by atoms with E-state index in [1.54, 1.807) is 12.4 Å². The number of anilines is 1. The molecule has 0 amide bonds. The van der Waals surface area contributed by atoms with Gasteiger partial charge in [0.1, 0.15) is 0 Å². The number of pyridine rings is 2. The normalized spacial score (nSPS) is 11.0. The van der Waals surface area contributed by atoms with E-state index in [9.17, 15) is 0 Å². The van der Waals surface area contributed by atoms with Crippen LogP contribution in [0.5, 0.6) is 0 Å². The molecule has 0 saturated heterocycles. The Balaban J connectivity index is 2.19. The number of hydrogen-bond acceptors (Lipinski definition) is 4. The highest BCUT2D eigenvalue weighted by atomic mass is 15.4. The fourth-order valence-corrected chi connectivity index (χ4v) is 2.72. The van der Waals surface area contributed by atoms with Crippen molar-refractivity contribution in [3.8, 4) is 11.1 Å². The van der Waals surface area contributed by atoms with E-state index in [0.717, 1.165) is 47.6 Å². The van der Waals surface area contributed by atoms with Crippen molar-refractivity contribution in [2.45, 2.75) is 27.3 Å². The van der Waals surface area contributed by atoms with Crippen LogP contribution in [0.3, 0.4) is 0 Å². The van der Waals surface area contributed by atoms with Crippen LogP contribution < -0.4 is 4.90 Å². The van der Waals surface area contributed by atoms with Crippen LogP contribution in [0.1, 0.15) is 20.8 Å². The number of fused-ring (bicyclic) bond motifs is 1. The first-order valence-electron chi connectivity index (χ1n) is 7.80. The molecule has 0 aliphatic carbocycles. The van der Waals surface area contributed by atoms with Gasteiger partial charge in [-0.3, -0.25) is 4.98 Å². The summed E-state index contributed by atoms with van der Waals surface area (Å²) in [6.07, 6.45) is 5.53. The molecule has 3 rings (SSSR count). The molecule has 0 bridgehead atoms. The van der Waals surface area contributed by atoms with E-state index in [1.165, 1.54) is 0 Å². The van der Waals surface area contributed by atoms with Crippen LogP contribution in [-0.4, -0.2) is 32.8 Å². The van der Waals surface area contributed by atoms with Crippen molar-refractivity contribution in [3.05, 3.63) is 36.8 Å². The van der Waals surface area contributed by atoms with Gasteiger partial charge < -0.3 is 4.90 Å². The average Bonchev–Trinajstić information content (AvgIpc) is 2.95. The zero-order valence-corrected chi connectivity index (χ0v) is 13.3. The SMILES string of the molecule is CCN(CC)c1nn(CC)c2ncc(-c3ccncc3)cc12. The maximum absolute atomic E-state index is 4.75. The molecule has 114 valence electrons. The first kappa shape index (κ1) is 14.5. The van der Waals surface area contributed by atoms with Crippen LogP contribution >= 0.6 is 0 Å². The van der Waals surface area contributed by atoms with Gasteiger partial charge in [0, 0.05) is 43.8 Å². The molecule has 0 spiro atoms. The molecule has 0 aromatic carbocycles. The molecule has 5 nitrogen and oxygen atoms in total. The van der Waals surface area contributed by atoms with Gasteiger partial charge in [-0.05, 0) is 44.5 Å². The second kappa shape index (κ2) is 6.13. The number of aromatic nitrogens is 4. The lowest BCUT2D eigenvalue weighted by Gasteiger charge is -2.18. The van der Waals surface area contributed by atoms with Gasteiger partial charge in [-0.1, -0.05) is 0 Å². The number of nitrogens with zero attached hydrogens (tertiary/aromatic N) is 5. The molecule has 0 N–H and O–H groups in total. The summed E-state index contributed by atoms with van der Waals surface area (Å²) in [4.78, 5) is 11.0. The lowest BCUT2D eigenvalue weighted by atomic mass is 10.1. The van der Waals surface area contributed by atoms with E-state index >= 15 is 0 Å². The van der Waals surface area contributed by atoms with Crippen molar-refractivity contribution in [2.24, 2.45) is 0 Å². The van der Waals surface area contributed by atoms with Crippen LogP contribution in [0.15, 0.2) is 36.8 Å². The predicted molar refractivity (Wildman–Crippen MR) is 90.0 cm³/mol. The summed E-state index contributed by atoms with van der Waals surface area (Å²) >= 11 is 0. The number of aryl methyl sites for hydroxylation is 1. The van der Waals surface area contributed by atoms with Gasteiger partial charge in [-0.25, -0.2) is 9.67 Å². The fraction of sp³-hybridized carbons (Fsp3) is 0.353. The van der Waals surface area contributed by atoms with Gasteiger partial charge >= 0.3 is 0 Å². The molecule has 0 atom stereocenters. The predicted octanol–water partition coefficient (Wildman–Crippen LogP) is 3.36. The Hall–Kier alpha value is -2.43. The standard InChI is InChI=1S/C17H21N5/c1-4-21(5-2)17-15-11-14(13-7-9-18-10-8-13)12-19-16(15)22(6-3)20-17/h7-12H,4-6H2,1-3H3. The Kier molecular flexibility index (Phi) is 4.04. The van der Waals surface area contributed by atoms with Crippen molar-refractivity contribution in [1.82, 2.24) is 19.7 Å². The highest BCUT2D eigenvalue weighted by Crippen LogP contribution is 2.29. The third-order valence-electron chi connectivity index (χ3n) is 3.94. The Labute approximate surface area is 130 Å². The van der Waals surface area contributed by atoms with Gasteiger partial charge in [0.2, 0.25) is 0 Å². The Bertz CT molecular complexity index is 759. The van der Waals surface area contributed by atoms with Gasteiger partial charge in [-0.2, -0.15) is 5.10 Å². The number of hydrogen-bond donors (Lipinski definition) is 0. The molecule has 3 aromatic rings. The second-order valence-corrected chi connectivity index (χ2v) is 5.14. The lowest BCUT2D eigenvalue weighted by Crippen LogP contribution is -2.22. The highest BCUT2D eigenvalue weighted by molar-refractivity contribution is 5.91. The average molecular weight is 295 g/mol. The fourth-order valence-electron chi connectivity index (χ4n) is 2.72. The molecule has 0 aliphatic rings. The summed E-state index contributed by atoms with van der Waals surface area (Å²) in [5.74, 6) is 1.02. The Morgan fingerprint density at radius 2 is 1.77 bits per heavy atom. The largest absolute Gasteiger partial charge is 0.355 e. The number of rotatable bonds is 5. The molecule has 0 radical (unpaired) electrons. The molecule has 22 heavy (non-hydrogen) atoms. The van der Waals surface area contributed by atoms with Crippen molar-refractivity contribution < 1.29 is 0 Å². The zero-order chi connectivity index (χ0) is 15.5. The van der Waals surface area contributed by atoms with E-state index in [2.05, 4.69) is 41.7 Å². The van der Waals surface area contributed by atoms with Crippen LogP contribution in [0.25, 0.3) is 22.2 Å². The molecule has 0 unspecified atom stereocenters. The van der Waals surface area contributed by atoms with Gasteiger partial charge in [0.15, 0.2) is 11.5 Å². The van der Waals surface area contributed by atoms with Crippen LogP contribution in [0.2, 0.25) is 0 Å². The zero-order valence-electron chi connectivity index (χ0n) is 13.3. The van der Waals surface area contributed by atoms with Crippen molar-refractivity contribution in [1.29, 1.82) is 0 Å². The molecule has 3 aromatic heterocycles. The third-order valence-corrected chi connectivity index (χ3v) is 3.94. The van der Waals surface area contributed by atoms with E-state index in [4.69, 9.17) is 5.10 Å². The minimum atomic E-state index is 0.819. The minimum absolute atomic E-state index is 0.819. The molecule has 5 heteroatoms. The van der Waals surface area contributed by atoms with Crippen molar-refractivity contribution in [2.75, 3.05) is 18.0 Å². The van der Waals surface area contributed by atoms with Crippen molar-refractivity contribution in [3.63, 3.8) is 0 Å². The van der Waals surface area contributed by atoms with E-state index in [-0.39, 0.29) is 0 Å². The first-order chi connectivity index (χ1) is 10.8. The monoisotopic (exact) mass is 295 g/mol. The van der Waals surface area contributed by atoms with Gasteiger partial charge in [0.25, 0.3) is 0 Å². The van der Waals surface area contributed by atoms with Gasteiger partial charge in [-0.15, -0.1) is 0 Å². The van der Waals surface area contributed by atoms with Crippen LogP contribution in [0, 0.1) is 0 Å². The summed E-state index contributed by atoms with van der Waals surface area (Å²) in [5.41, 5.74) is 3.17. The summed E-state index contributed by atoms with van der Waals surface area (Å²) in [5, 5.41) is 5.86. The maximum Gasteiger partial charge on any atom is 0.160 e. The quantitative estimate of drug-likeness (QED) is 0.724. The first-order valence-corrected chi connectivity index (χ1v) is 7.80. The summed E-state index contributed by atoms with van der Waals surface area (Å²) < 4.78 is 1.97. The maximum atomic E-state index is 4.75.